The van der Waals surface area contributed by atoms with Crippen LogP contribution in [0.2, 0.25) is 0 Å². The number of non-ortho nitro benzene ring substituents is 1. The lowest BCUT2D eigenvalue weighted by molar-refractivity contribution is -0.384. The van der Waals surface area contributed by atoms with Crippen molar-refractivity contribution in [1.82, 2.24) is 14.8 Å². The maximum Gasteiger partial charge on any atom is 0.271 e. The Labute approximate surface area is 190 Å². The summed E-state index contributed by atoms with van der Waals surface area (Å²) in [7, 11) is 1.81. The van der Waals surface area contributed by atoms with Crippen LogP contribution in [-0.4, -0.2) is 31.3 Å². The lowest BCUT2D eigenvalue weighted by atomic mass is 10.0. The second kappa shape index (κ2) is 10.3. The highest BCUT2D eigenvalue weighted by molar-refractivity contribution is 7.99. The van der Waals surface area contributed by atoms with Gasteiger partial charge in [0.2, 0.25) is 5.91 Å². The number of carbonyl (C=O) groups excluding carboxylic acids is 1. The molecule has 0 spiro atoms. The Bertz CT molecular complexity index is 1110. The van der Waals surface area contributed by atoms with E-state index in [1.165, 1.54) is 29.5 Å². The highest BCUT2D eigenvalue weighted by Crippen LogP contribution is 2.23. The van der Waals surface area contributed by atoms with Crippen LogP contribution in [0, 0.1) is 17.0 Å². The molecule has 0 aliphatic rings. The Morgan fingerprint density at radius 1 is 1.22 bits per heavy atom. The number of rotatable bonds is 9. The van der Waals surface area contributed by atoms with Gasteiger partial charge in [-0.25, -0.2) is 0 Å². The van der Waals surface area contributed by atoms with Gasteiger partial charge in [-0.2, -0.15) is 0 Å². The summed E-state index contributed by atoms with van der Waals surface area (Å²) < 4.78 is 7.58. The molecule has 0 atom stereocenters. The molecule has 1 heterocycles. The minimum atomic E-state index is -0.494. The molecule has 2 aromatic carbocycles. The number of anilines is 1. The molecular weight excluding hydrogens is 430 g/mol. The zero-order chi connectivity index (χ0) is 23.3. The van der Waals surface area contributed by atoms with E-state index < -0.39 is 4.92 Å². The summed E-state index contributed by atoms with van der Waals surface area (Å²) in [6, 6.07) is 12.3. The van der Waals surface area contributed by atoms with Gasteiger partial charge < -0.3 is 14.6 Å². The van der Waals surface area contributed by atoms with Gasteiger partial charge in [0, 0.05) is 19.2 Å². The van der Waals surface area contributed by atoms with Crippen molar-refractivity contribution in [2.75, 3.05) is 11.1 Å². The predicted molar refractivity (Wildman–Crippen MR) is 123 cm³/mol. The minimum absolute atomic E-state index is 0.0738. The molecule has 0 saturated heterocycles. The molecule has 3 aromatic rings. The maximum atomic E-state index is 12.3. The Morgan fingerprint density at radius 2 is 1.94 bits per heavy atom. The molecule has 9 nitrogen and oxygen atoms in total. The van der Waals surface area contributed by atoms with Crippen LogP contribution in [0.15, 0.2) is 47.6 Å². The predicted octanol–water partition coefficient (Wildman–Crippen LogP) is 4.46. The zero-order valence-electron chi connectivity index (χ0n) is 18.4. The van der Waals surface area contributed by atoms with E-state index in [9.17, 15) is 14.9 Å². The number of nitro benzene ring substituents is 1. The highest BCUT2D eigenvalue weighted by Gasteiger charge is 2.14. The molecule has 3 rings (SSSR count). The molecule has 168 valence electrons. The van der Waals surface area contributed by atoms with Crippen molar-refractivity contribution in [3.8, 4) is 5.75 Å². The number of hydrogen-bond donors (Lipinski definition) is 1. The molecule has 0 aliphatic heterocycles. The van der Waals surface area contributed by atoms with Crippen molar-refractivity contribution < 1.29 is 14.5 Å². The second-order valence-electron chi connectivity index (χ2n) is 7.56. The number of nitrogens with one attached hydrogen (secondary N) is 1. The van der Waals surface area contributed by atoms with Crippen LogP contribution in [0.3, 0.4) is 0 Å². The summed E-state index contributed by atoms with van der Waals surface area (Å²) in [5.74, 6) is 1.64. The van der Waals surface area contributed by atoms with Gasteiger partial charge in [-0.1, -0.05) is 43.8 Å². The number of aromatic nitrogens is 3. The zero-order valence-corrected chi connectivity index (χ0v) is 19.2. The summed E-state index contributed by atoms with van der Waals surface area (Å²) in [6.07, 6.45) is 0. The van der Waals surface area contributed by atoms with Crippen LogP contribution in [0.1, 0.15) is 36.7 Å². The number of aryl methyl sites for hydroxylation is 1. The number of thioether (sulfide) groups is 1. The third-order valence-electron chi connectivity index (χ3n) is 4.88. The second-order valence-corrected chi connectivity index (χ2v) is 8.51. The SMILES string of the molecule is Cc1ccc([N+](=O)[O-])cc1NC(=O)CSc1nnc(COc2ccc(C(C)C)cc2)n1C. The molecule has 0 fully saturated rings. The summed E-state index contributed by atoms with van der Waals surface area (Å²) in [4.78, 5) is 22.8. The van der Waals surface area contributed by atoms with Crippen molar-refractivity contribution in [2.45, 2.75) is 38.5 Å². The number of nitrogens with zero attached hydrogens (tertiary/aromatic N) is 4. The number of amides is 1. The topological polar surface area (TPSA) is 112 Å². The van der Waals surface area contributed by atoms with Crippen LogP contribution in [-0.2, 0) is 18.4 Å². The Balaban J connectivity index is 1.55. The van der Waals surface area contributed by atoms with Gasteiger partial charge in [-0.05, 0) is 36.1 Å². The average molecular weight is 456 g/mol. The fourth-order valence-corrected chi connectivity index (χ4v) is 3.60. The van der Waals surface area contributed by atoms with Crippen molar-refractivity contribution in [2.24, 2.45) is 7.05 Å². The van der Waals surface area contributed by atoms with Crippen molar-refractivity contribution in [3.63, 3.8) is 0 Å². The van der Waals surface area contributed by atoms with Crippen LogP contribution in [0.5, 0.6) is 5.75 Å². The van der Waals surface area contributed by atoms with Gasteiger partial charge in [-0.15, -0.1) is 10.2 Å². The van der Waals surface area contributed by atoms with E-state index in [-0.39, 0.29) is 24.0 Å². The normalized spacial score (nSPS) is 10.9. The average Bonchev–Trinajstić information content (AvgIpc) is 3.11. The molecular formula is C22H25N5O4S. The largest absolute Gasteiger partial charge is 0.486 e. The fraction of sp³-hybridized carbons (Fsp3) is 0.318. The standard InChI is InChI=1S/C22H25N5O4S/c1-14(2)16-6-9-18(10-7-16)31-12-20-24-25-22(26(20)4)32-13-21(28)23-19-11-17(27(29)30)8-5-15(19)3/h5-11,14H,12-13H2,1-4H3,(H,23,28). The third kappa shape index (κ3) is 5.85. The first kappa shape index (κ1) is 23.3. The Kier molecular flexibility index (Phi) is 7.47. The van der Waals surface area contributed by atoms with E-state index in [1.807, 2.05) is 31.3 Å². The molecule has 1 amide bonds. The monoisotopic (exact) mass is 455 g/mol. The van der Waals surface area contributed by atoms with Gasteiger partial charge in [0.05, 0.1) is 16.4 Å². The molecule has 0 bridgehead atoms. The number of carbonyl (C=O) groups is 1. The lowest BCUT2D eigenvalue weighted by Crippen LogP contribution is -2.15. The van der Waals surface area contributed by atoms with Crippen LogP contribution < -0.4 is 10.1 Å². The maximum absolute atomic E-state index is 12.3. The first-order valence-corrected chi connectivity index (χ1v) is 11.0. The number of benzene rings is 2. The van der Waals surface area contributed by atoms with Crippen molar-refractivity contribution in [3.05, 3.63) is 69.5 Å². The minimum Gasteiger partial charge on any atom is -0.486 e. The Morgan fingerprint density at radius 3 is 2.59 bits per heavy atom. The van der Waals surface area contributed by atoms with E-state index in [0.717, 1.165) is 11.3 Å². The van der Waals surface area contributed by atoms with E-state index in [1.54, 1.807) is 17.6 Å². The number of hydrogen-bond acceptors (Lipinski definition) is 7. The Hall–Kier alpha value is -3.40. The molecule has 0 unspecified atom stereocenters. The van der Waals surface area contributed by atoms with Gasteiger partial charge in [0.25, 0.3) is 5.69 Å². The van der Waals surface area contributed by atoms with E-state index >= 15 is 0 Å². The van der Waals surface area contributed by atoms with Gasteiger partial charge in [-0.3, -0.25) is 14.9 Å². The molecule has 0 aliphatic carbocycles. The smallest absolute Gasteiger partial charge is 0.271 e. The van der Waals surface area contributed by atoms with Crippen LogP contribution in [0.4, 0.5) is 11.4 Å². The first-order chi connectivity index (χ1) is 15.2. The summed E-state index contributed by atoms with van der Waals surface area (Å²) in [6.45, 7) is 6.31. The highest BCUT2D eigenvalue weighted by atomic mass is 32.2. The van der Waals surface area contributed by atoms with E-state index in [2.05, 4.69) is 29.4 Å². The molecule has 0 saturated carbocycles. The third-order valence-corrected chi connectivity index (χ3v) is 5.90. The van der Waals surface area contributed by atoms with Crippen LogP contribution >= 0.6 is 11.8 Å². The molecule has 32 heavy (non-hydrogen) atoms. The van der Waals surface area contributed by atoms with Crippen LogP contribution in [0.25, 0.3) is 0 Å². The molecule has 10 heteroatoms. The molecule has 1 aromatic heterocycles. The van der Waals surface area contributed by atoms with E-state index in [0.29, 0.717) is 22.6 Å². The number of nitro groups is 1. The van der Waals surface area contributed by atoms with Gasteiger partial charge >= 0.3 is 0 Å². The van der Waals surface area contributed by atoms with Crippen molar-refractivity contribution in [1.29, 1.82) is 0 Å². The number of ether oxygens (including phenoxy) is 1. The summed E-state index contributed by atoms with van der Waals surface area (Å²) in [5.41, 5.74) is 2.33. The quantitative estimate of drug-likeness (QED) is 0.288. The van der Waals surface area contributed by atoms with Crippen molar-refractivity contribution >= 4 is 29.0 Å². The summed E-state index contributed by atoms with van der Waals surface area (Å²) in [5, 5.41) is 22.5. The lowest BCUT2D eigenvalue weighted by Gasteiger charge is -2.09. The van der Waals surface area contributed by atoms with Gasteiger partial charge in [0.15, 0.2) is 11.0 Å². The molecule has 1 N–H and O–H groups in total. The first-order valence-electron chi connectivity index (χ1n) is 10.0. The summed E-state index contributed by atoms with van der Waals surface area (Å²) >= 11 is 1.23. The molecule has 0 radical (unpaired) electrons. The van der Waals surface area contributed by atoms with Gasteiger partial charge in [0.1, 0.15) is 12.4 Å². The van der Waals surface area contributed by atoms with E-state index in [4.69, 9.17) is 4.74 Å². The fourth-order valence-electron chi connectivity index (χ4n) is 2.87.